The summed E-state index contributed by atoms with van der Waals surface area (Å²) in [4.78, 5) is 5.29. The lowest BCUT2D eigenvalue weighted by atomic mass is 9.68. The highest BCUT2D eigenvalue weighted by molar-refractivity contribution is 5.85. The van der Waals surface area contributed by atoms with Crippen LogP contribution >= 0.6 is 12.4 Å². The van der Waals surface area contributed by atoms with Gasteiger partial charge in [-0.15, -0.1) is 12.4 Å². The van der Waals surface area contributed by atoms with Gasteiger partial charge < -0.3 is 10.6 Å². The smallest absolute Gasteiger partial charge is 0.0405 e. The van der Waals surface area contributed by atoms with Crippen LogP contribution in [-0.4, -0.2) is 37.6 Å². The molecule has 0 bridgehead atoms. The van der Waals surface area contributed by atoms with Gasteiger partial charge in [0.15, 0.2) is 0 Å². The molecular weight excluding hydrogens is 390 g/mol. The molecular formula is C26H46ClN3. The third kappa shape index (κ3) is 6.37. The first-order chi connectivity index (χ1) is 13.8. The average molecular weight is 436 g/mol. The molecule has 3 rings (SSSR count). The maximum Gasteiger partial charge on any atom is 0.0405 e. The molecule has 1 aromatic rings. The molecule has 1 saturated carbocycles. The number of benzene rings is 1. The van der Waals surface area contributed by atoms with E-state index in [4.69, 9.17) is 5.73 Å². The molecule has 2 N–H and O–H groups in total. The predicted octanol–water partition coefficient (Wildman–Crippen LogP) is 6.37. The fourth-order valence-electron chi connectivity index (χ4n) is 5.33. The molecule has 172 valence electrons. The number of halogens is 1. The third-order valence-corrected chi connectivity index (χ3v) is 7.51. The summed E-state index contributed by atoms with van der Waals surface area (Å²) in [5.41, 5.74) is 11.0. The van der Waals surface area contributed by atoms with Crippen LogP contribution in [0.3, 0.4) is 0 Å². The van der Waals surface area contributed by atoms with Gasteiger partial charge in [0.1, 0.15) is 0 Å². The van der Waals surface area contributed by atoms with Gasteiger partial charge in [0.25, 0.3) is 0 Å². The van der Waals surface area contributed by atoms with E-state index >= 15 is 0 Å². The lowest BCUT2D eigenvalue weighted by Gasteiger charge is -2.40. The number of rotatable bonds is 6. The van der Waals surface area contributed by atoms with Crippen molar-refractivity contribution in [2.75, 3.05) is 37.6 Å². The molecule has 1 atom stereocenters. The number of unbranched alkanes of at least 4 members (excludes halogenated alkanes) is 1. The summed E-state index contributed by atoms with van der Waals surface area (Å²) in [6.45, 7) is 17.6. The van der Waals surface area contributed by atoms with Crippen LogP contribution in [0.4, 0.5) is 5.69 Å². The zero-order valence-electron chi connectivity index (χ0n) is 20.1. The topological polar surface area (TPSA) is 32.5 Å². The van der Waals surface area contributed by atoms with Gasteiger partial charge in [0, 0.05) is 37.9 Å². The zero-order chi connectivity index (χ0) is 21.0. The van der Waals surface area contributed by atoms with Crippen LogP contribution in [0.15, 0.2) is 18.2 Å². The Labute approximate surface area is 192 Å². The normalized spacial score (nSPS) is 24.4. The molecule has 4 heteroatoms. The summed E-state index contributed by atoms with van der Waals surface area (Å²) in [6, 6.07) is 7.22. The van der Waals surface area contributed by atoms with Gasteiger partial charge in [-0.05, 0) is 80.0 Å². The van der Waals surface area contributed by atoms with Crippen LogP contribution in [0, 0.1) is 11.3 Å². The van der Waals surface area contributed by atoms with Crippen molar-refractivity contribution in [1.82, 2.24) is 4.90 Å². The number of hydrogen-bond donors (Lipinski definition) is 1. The quantitative estimate of drug-likeness (QED) is 0.563. The van der Waals surface area contributed by atoms with Crippen LogP contribution in [0.1, 0.15) is 96.2 Å². The zero-order valence-corrected chi connectivity index (χ0v) is 20.9. The van der Waals surface area contributed by atoms with E-state index in [1.807, 2.05) is 0 Å². The molecule has 1 aliphatic carbocycles. The SMILES string of the molecule is CCCCN1CCN(c2cc(C(C)N)ccc2C2CCC(C(C)(C)C)CC2)CC1.Cl. The molecule has 3 nitrogen and oxygen atoms in total. The highest BCUT2D eigenvalue weighted by Crippen LogP contribution is 2.45. The van der Waals surface area contributed by atoms with Gasteiger partial charge in [-0.25, -0.2) is 0 Å². The maximum atomic E-state index is 6.26. The number of hydrogen-bond acceptors (Lipinski definition) is 3. The number of nitrogens with two attached hydrogens (primary N) is 1. The molecule has 30 heavy (non-hydrogen) atoms. The number of anilines is 1. The van der Waals surface area contributed by atoms with Crippen molar-refractivity contribution >= 4 is 18.1 Å². The van der Waals surface area contributed by atoms with Crippen molar-refractivity contribution < 1.29 is 0 Å². The maximum absolute atomic E-state index is 6.26. The Balaban J connectivity index is 0.00000320. The minimum Gasteiger partial charge on any atom is -0.369 e. The largest absolute Gasteiger partial charge is 0.369 e. The van der Waals surface area contributed by atoms with Crippen LogP contribution in [0.5, 0.6) is 0 Å². The second-order valence-electron chi connectivity index (χ2n) is 10.7. The van der Waals surface area contributed by atoms with Crippen LogP contribution in [0.25, 0.3) is 0 Å². The Morgan fingerprint density at radius 2 is 1.67 bits per heavy atom. The first-order valence-electron chi connectivity index (χ1n) is 12.2. The van der Waals surface area contributed by atoms with Crippen molar-refractivity contribution in [1.29, 1.82) is 0 Å². The monoisotopic (exact) mass is 435 g/mol. The third-order valence-electron chi connectivity index (χ3n) is 7.51. The molecule has 1 unspecified atom stereocenters. The Hall–Kier alpha value is -0.770. The predicted molar refractivity (Wildman–Crippen MR) is 134 cm³/mol. The molecule has 0 amide bonds. The van der Waals surface area contributed by atoms with Gasteiger partial charge in [-0.3, -0.25) is 4.90 Å². The summed E-state index contributed by atoms with van der Waals surface area (Å²) in [6.07, 6.45) is 8.02. The van der Waals surface area contributed by atoms with Gasteiger partial charge in [0.2, 0.25) is 0 Å². The highest BCUT2D eigenvalue weighted by Gasteiger charge is 2.32. The fraction of sp³-hybridized carbons (Fsp3) is 0.769. The molecule has 0 spiro atoms. The van der Waals surface area contributed by atoms with Crippen molar-refractivity contribution in [3.8, 4) is 0 Å². The van der Waals surface area contributed by atoms with E-state index in [0.717, 1.165) is 19.0 Å². The van der Waals surface area contributed by atoms with Crippen LogP contribution in [-0.2, 0) is 0 Å². The van der Waals surface area contributed by atoms with Crippen molar-refractivity contribution in [3.05, 3.63) is 29.3 Å². The Morgan fingerprint density at radius 1 is 1.03 bits per heavy atom. The lowest BCUT2D eigenvalue weighted by molar-refractivity contribution is 0.169. The summed E-state index contributed by atoms with van der Waals surface area (Å²) in [7, 11) is 0. The van der Waals surface area contributed by atoms with E-state index < -0.39 is 0 Å². The lowest BCUT2D eigenvalue weighted by Crippen LogP contribution is -2.47. The van der Waals surface area contributed by atoms with E-state index in [1.165, 1.54) is 69.4 Å². The summed E-state index contributed by atoms with van der Waals surface area (Å²) < 4.78 is 0. The van der Waals surface area contributed by atoms with E-state index in [2.05, 4.69) is 62.6 Å². The average Bonchev–Trinajstić information content (AvgIpc) is 2.71. The summed E-state index contributed by atoms with van der Waals surface area (Å²) in [5, 5.41) is 0. The first kappa shape index (κ1) is 25.5. The van der Waals surface area contributed by atoms with E-state index in [1.54, 1.807) is 5.56 Å². The van der Waals surface area contributed by atoms with E-state index in [0.29, 0.717) is 11.3 Å². The number of nitrogens with zero attached hydrogens (tertiary/aromatic N) is 2. The minimum absolute atomic E-state index is 0. The molecule has 1 heterocycles. The van der Waals surface area contributed by atoms with Gasteiger partial charge in [-0.1, -0.05) is 46.2 Å². The molecule has 1 aliphatic heterocycles. The molecule has 0 radical (unpaired) electrons. The van der Waals surface area contributed by atoms with E-state index in [-0.39, 0.29) is 18.4 Å². The molecule has 2 aliphatic rings. The standard InChI is InChI=1S/C26H45N3.ClH/c1-6-7-14-28-15-17-29(18-16-28)25-19-22(20(2)27)10-13-24(25)21-8-11-23(12-9-21)26(3,4)5;/h10,13,19-21,23H,6-9,11-12,14-18,27H2,1-5H3;1H. The number of piperazine rings is 1. The van der Waals surface area contributed by atoms with Crippen molar-refractivity contribution in [3.63, 3.8) is 0 Å². The second-order valence-corrected chi connectivity index (χ2v) is 10.7. The van der Waals surface area contributed by atoms with Crippen molar-refractivity contribution in [2.45, 2.75) is 85.1 Å². The Kier molecular flexibility index (Phi) is 9.52. The Bertz CT molecular complexity index is 636. The first-order valence-corrected chi connectivity index (χ1v) is 12.2. The summed E-state index contributed by atoms with van der Waals surface area (Å²) >= 11 is 0. The summed E-state index contributed by atoms with van der Waals surface area (Å²) in [5.74, 6) is 1.58. The second kappa shape index (κ2) is 11.2. The molecule has 1 aromatic carbocycles. The molecule has 0 aromatic heterocycles. The highest BCUT2D eigenvalue weighted by atomic mass is 35.5. The minimum atomic E-state index is 0. The van der Waals surface area contributed by atoms with Crippen LogP contribution < -0.4 is 10.6 Å². The van der Waals surface area contributed by atoms with Crippen LogP contribution in [0.2, 0.25) is 0 Å². The fourth-order valence-corrected chi connectivity index (χ4v) is 5.33. The molecule has 2 fully saturated rings. The van der Waals surface area contributed by atoms with Crippen molar-refractivity contribution in [2.24, 2.45) is 17.1 Å². The molecule has 1 saturated heterocycles. The Morgan fingerprint density at radius 3 is 2.20 bits per heavy atom. The van der Waals surface area contributed by atoms with E-state index in [9.17, 15) is 0 Å². The van der Waals surface area contributed by atoms with Gasteiger partial charge in [0.05, 0.1) is 0 Å². The van der Waals surface area contributed by atoms with Gasteiger partial charge in [-0.2, -0.15) is 0 Å². The van der Waals surface area contributed by atoms with Gasteiger partial charge >= 0.3 is 0 Å².